The molecule has 1 nitrogen and oxygen atoms in total. The highest BCUT2D eigenvalue weighted by molar-refractivity contribution is 6.06. The normalized spacial score (nSPS) is 15.8. The Hall–Kier alpha value is -5.66. The number of benzene rings is 7. The number of nitrogens with zero attached hydrogens (tertiary/aromatic N) is 1. The van der Waals surface area contributed by atoms with Crippen LogP contribution < -0.4 is 4.90 Å². The summed E-state index contributed by atoms with van der Waals surface area (Å²) >= 11 is 0. The monoisotopic (exact) mass is 557 g/mol. The van der Waals surface area contributed by atoms with E-state index in [1.165, 1.54) is 66.8 Å². The quantitative estimate of drug-likeness (QED) is 0.208. The van der Waals surface area contributed by atoms with Gasteiger partial charge in [-0.2, -0.15) is 0 Å². The van der Waals surface area contributed by atoms with Crippen molar-refractivity contribution in [3.63, 3.8) is 0 Å². The molecule has 1 spiro atoms. The largest absolute Gasteiger partial charge is 0.310 e. The Morgan fingerprint density at radius 1 is 0.318 bits per heavy atom. The lowest BCUT2D eigenvalue weighted by Crippen LogP contribution is -2.23. The molecular formula is C43H27N. The van der Waals surface area contributed by atoms with E-state index in [0.717, 1.165) is 17.1 Å². The van der Waals surface area contributed by atoms with E-state index in [-0.39, 0.29) is 5.41 Å². The average Bonchev–Trinajstić information content (AvgIpc) is 3.69. The van der Waals surface area contributed by atoms with Gasteiger partial charge in [-0.25, -0.2) is 0 Å². The second-order valence-electron chi connectivity index (χ2n) is 12.1. The fraction of sp³-hybridized carbons (Fsp3) is 0.0233. The van der Waals surface area contributed by atoms with Crippen molar-refractivity contribution in [2.45, 2.75) is 5.41 Å². The first kappa shape index (κ1) is 23.9. The van der Waals surface area contributed by atoms with Gasteiger partial charge in [-0.1, -0.05) is 127 Å². The van der Waals surface area contributed by atoms with Crippen LogP contribution in [-0.4, -0.2) is 0 Å². The highest BCUT2D eigenvalue weighted by atomic mass is 15.1. The van der Waals surface area contributed by atoms with Crippen molar-refractivity contribution < 1.29 is 0 Å². The Morgan fingerprint density at radius 3 is 1.50 bits per heavy atom. The second-order valence-corrected chi connectivity index (χ2v) is 12.1. The molecule has 0 aromatic heterocycles. The summed E-state index contributed by atoms with van der Waals surface area (Å²) in [6.07, 6.45) is 0. The van der Waals surface area contributed by atoms with Crippen LogP contribution in [0.4, 0.5) is 17.1 Å². The molecule has 0 saturated heterocycles. The van der Waals surface area contributed by atoms with Crippen LogP contribution in [0.1, 0.15) is 22.3 Å². The Morgan fingerprint density at radius 2 is 0.795 bits per heavy atom. The first-order chi connectivity index (χ1) is 21.8. The third-order valence-corrected chi connectivity index (χ3v) is 9.99. The first-order valence-electron chi connectivity index (χ1n) is 15.4. The highest BCUT2D eigenvalue weighted by Gasteiger charge is 2.57. The average molecular weight is 558 g/mol. The third kappa shape index (κ3) is 2.94. The molecule has 0 aliphatic heterocycles. The minimum absolute atomic E-state index is 0.253. The van der Waals surface area contributed by atoms with Gasteiger partial charge >= 0.3 is 0 Å². The van der Waals surface area contributed by atoms with Gasteiger partial charge in [0.2, 0.25) is 0 Å². The second kappa shape index (κ2) is 8.69. The van der Waals surface area contributed by atoms with E-state index in [1.54, 1.807) is 0 Å². The molecule has 0 heterocycles. The van der Waals surface area contributed by atoms with E-state index in [1.807, 2.05) is 0 Å². The van der Waals surface area contributed by atoms with Crippen molar-refractivity contribution in [1.29, 1.82) is 0 Å². The van der Waals surface area contributed by atoms with Gasteiger partial charge in [-0.05, 0) is 103 Å². The predicted octanol–water partition coefficient (Wildman–Crippen LogP) is 11.1. The van der Waals surface area contributed by atoms with Gasteiger partial charge in [-0.3, -0.25) is 0 Å². The SMILES string of the molecule is c1ccc(-c2ccc(N(c3ccccc3)c3ccc4c(c3)-c3cccc5c3C43c4ccccc4-c4cccc-5c43)cc2)cc1. The van der Waals surface area contributed by atoms with E-state index in [4.69, 9.17) is 0 Å². The molecule has 0 saturated carbocycles. The molecule has 0 amide bonds. The molecule has 204 valence electrons. The van der Waals surface area contributed by atoms with Gasteiger partial charge < -0.3 is 4.90 Å². The Labute approximate surface area is 257 Å². The maximum Gasteiger partial charge on any atom is 0.0737 e. The van der Waals surface area contributed by atoms with Crippen LogP contribution in [0.5, 0.6) is 0 Å². The third-order valence-electron chi connectivity index (χ3n) is 9.99. The summed E-state index contributed by atoms with van der Waals surface area (Å²) < 4.78 is 0. The number of anilines is 3. The lowest BCUT2D eigenvalue weighted by atomic mass is 9.73. The lowest BCUT2D eigenvalue weighted by Gasteiger charge is -2.29. The molecule has 1 atom stereocenters. The van der Waals surface area contributed by atoms with Gasteiger partial charge in [0.15, 0.2) is 0 Å². The summed E-state index contributed by atoms with van der Waals surface area (Å²) in [5.74, 6) is 0. The topological polar surface area (TPSA) is 3.24 Å². The van der Waals surface area contributed by atoms with Crippen molar-refractivity contribution in [2.24, 2.45) is 0 Å². The predicted molar refractivity (Wildman–Crippen MR) is 182 cm³/mol. The fourth-order valence-electron chi connectivity index (χ4n) is 8.34. The minimum Gasteiger partial charge on any atom is -0.310 e. The molecule has 1 unspecified atom stereocenters. The lowest BCUT2D eigenvalue weighted by molar-refractivity contribution is 0.818. The molecule has 1 heteroatoms. The van der Waals surface area contributed by atoms with Gasteiger partial charge in [0.05, 0.1) is 5.41 Å². The number of para-hydroxylation sites is 1. The fourth-order valence-corrected chi connectivity index (χ4v) is 8.34. The van der Waals surface area contributed by atoms with Crippen molar-refractivity contribution in [3.8, 4) is 44.5 Å². The number of fused-ring (bicyclic) bond motifs is 5. The molecule has 0 radical (unpaired) electrons. The van der Waals surface area contributed by atoms with Crippen molar-refractivity contribution >= 4 is 17.1 Å². The maximum atomic E-state index is 2.43. The zero-order chi connectivity index (χ0) is 28.8. The molecule has 0 bridgehead atoms. The molecule has 0 fully saturated rings. The van der Waals surface area contributed by atoms with Crippen LogP contribution in [0.3, 0.4) is 0 Å². The molecule has 44 heavy (non-hydrogen) atoms. The Balaban J connectivity index is 1.19. The maximum absolute atomic E-state index is 2.43. The molecular weight excluding hydrogens is 530 g/mol. The number of hydrogen-bond donors (Lipinski definition) is 0. The smallest absolute Gasteiger partial charge is 0.0737 e. The molecule has 7 aromatic carbocycles. The summed E-state index contributed by atoms with van der Waals surface area (Å²) in [4.78, 5) is 2.39. The van der Waals surface area contributed by atoms with Gasteiger partial charge in [-0.15, -0.1) is 0 Å². The van der Waals surface area contributed by atoms with E-state index in [9.17, 15) is 0 Å². The van der Waals surface area contributed by atoms with E-state index in [2.05, 4.69) is 169 Å². The molecule has 3 aliphatic carbocycles. The van der Waals surface area contributed by atoms with Gasteiger partial charge in [0.25, 0.3) is 0 Å². The Kier molecular flexibility index (Phi) is 4.71. The van der Waals surface area contributed by atoms with E-state index in [0.29, 0.717) is 0 Å². The first-order valence-corrected chi connectivity index (χ1v) is 15.4. The summed E-state index contributed by atoms with van der Waals surface area (Å²) in [5, 5.41) is 0. The molecule has 0 N–H and O–H groups in total. The van der Waals surface area contributed by atoms with E-state index >= 15 is 0 Å². The highest BCUT2D eigenvalue weighted by Crippen LogP contribution is 2.70. The summed E-state index contributed by atoms with van der Waals surface area (Å²) in [6, 6.07) is 60.3. The van der Waals surface area contributed by atoms with Crippen LogP contribution in [0, 0.1) is 0 Å². The molecule has 10 rings (SSSR count). The van der Waals surface area contributed by atoms with E-state index < -0.39 is 0 Å². The van der Waals surface area contributed by atoms with Crippen LogP contribution in [-0.2, 0) is 5.41 Å². The van der Waals surface area contributed by atoms with Gasteiger partial charge in [0.1, 0.15) is 0 Å². The van der Waals surface area contributed by atoms with Crippen molar-refractivity contribution in [2.75, 3.05) is 4.90 Å². The van der Waals surface area contributed by atoms with Crippen LogP contribution >= 0.6 is 0 Å². The van der Waals surface area contributed by atoms with Crippen LogP contribution in [0.15, 0.2) is 164 Å². The van der Waals surface area contributed by atoms with Crippen LogP contribution in [0.25, 0.3) is 44.5 Å². The minimum atomic E-state index is -0.253. The van der Waals surface area contributed by atoms with Gasteiger partial charge in [0, 0.05) is 17.1 Å². The standard InChI is InChI=1S/C43H27N/c1-3-11-28(12-4-1)29-21-23-31(24-22-29)44(30-13-5-2-6-14-30)32-25-26-40-38(27-32)37-19-10-18-36-35-17-9-16-34-33-15-7-8-20-39(33)43(40,41(34)35)42(36)37/h1-27H. The van der Waals surface area contributed by atoms with Crippen molar-refractivity contribution in [1.82, 2.24) is 0 Å². The summed E-state index contributed by atoms with van der Waals surface area (Å²) in [7, 11) is 0. The zero-order valence-corrected chi connectivity index (χ0v) is 24.0. The number of hydrogen-bond acceptors (Lipinski definition) is 1. The van der Waals surface area contributed by atoms with Crippen molar-refractivity contribution in [3.05, 3.63) is 186 Å². The molecule has 7 aromatic rings. The summed E-state index contributed by atoms with van der Waals surface area (Å²) in [5.41, 5.74) is 19.6. The summed E-state index contributed by atoms with van der Waals surface area (Å²) in [6.45, 7) is 0. The Bertz CT molecular complexity index is 2250. The number of rotatable bonds is 4. The zero-order valence-electron chi connectivity index (χ0n) is 24.0. The van der Waals surface area contributed by atoms with Crippen LogP contribution in [0.2, 0.25) is 0 Å². The molecule has 3 aliphatic rings.